The molecule has 0 aromatic heterocycles. The minimum Gasteiger partial charge on any atom is -0.462 e. The summed E-state index contributed by atoms with van der Waals surface area (Å²) in [5.74, 6) is -0.873. The zero-order valence-corrected chi connectivity index (χ0v) is 43.8. The quantitative estimate of drug-likeness (QED) is 0.0262. The normalized spacial score (nSPS) is 12.1. The van der Waals surface area contributed by atoms with Crippen molar-refractivity contribution in [2.24, 2.45) is 0 Å². The summed E-state index contributed by atoms with van der Waals surface area (Å²) >= 11 is 0. The Bertz CT molecular complexity index is 1050. The fourth-order valence-corrected chi connectivity index (χ4v) is 8.59. The lowest BCUT2D eigenvalue weighted by Gasteiger charge is -2.18. The van der Waals surface area contributed by atoms with Gasteiger partial charge < -0.3 is 14.2 Å². The van der Waals surface area contributed by atoms with Crippen LogP contribution in [0.1, 0.15) is 316 Å². The minimum atomic E-state index is -0.772. The highest BCUT2D eigenvalue weighted by atomic mass is 16.6. The van der Waals surface area contributed by atoms with Gasteiger partial charge in [-0.15, -0.1) is 0 Å². The van der Waals surface area contributed by atoms with Gasteiger partial charge in [0.15, 0.2) is 6.10 Å². The predicted octanol–water partition coefficient (Wildman–Crippen LogP) is 19.1. The lowest BCUT2D eigenvalue weighted by Crippen LogP contribution is -2.30. The smallest absolute Gasteiger partial charge is 0.306 e. The lowest BCUT2D eigenvalue weighted by molar-refractivity contribution is -0.167. The Morgan fingerprint density at radius 3 is 0.877 bits per heavy atom. The van der Waals surface area contributed by atoms with Crippen molar-refractivity contribution >= 4 is 17.9 Å². The first-order valence-electron chi connectivity index (χ1n) is 28.8. The van der Waals surface area contributed by atoms with Crippen LogP contribution in [-0.2, 0) is 28.6 Å². The van der Waals surface area contributed by atoms with Crippen molar-refractivity contribution in [3.05, 3.63) is 24.3 Å². The molecule has 0 saturated carbocycles. The van der Waals surface area contributed by atoms with Crippen LogP contribution in [0.2, 0.25) is 0 Å². The molecule has 65 heavy (non-hydrogen) atoms. The summed E-state index contributed by atoms with van der Waals surface area (Å²) in [6.45, 7) is 6.62. The van der Waals surface area contributed by atoms with Gasteiger partial charge in [0.25, 0.3) is 0 Å². The molecule has 0 radical (unpaired) electrons. The molecule has 382 valence electrons. The van der Waals surface area contributed by atoms with Gasteiger partial charge in [0.05, 0.1) is 0 Å². The molecular formula is C59H110O6. The number of hydrogen-bond acceptors (Lipinski definition) is 6. The summed E-state index contributed by atoms with van der Waals surface area (Å²) in [5.41, 5.74) is 0. The summed E-state index contributed by atoms with van der Waals surface area (Å²) < 4.78 is 16.8. The molecule has 0 spiro atoms. The van der Waals surface area contributed by atoms with E-state index in [2.05, 4.69) is 45.1 Å². The van der Waals surface area contributed by atoms with Crippen LogP contribution >= 0.6 is 0 Å². The van der Waals surface area contributed by atoms with Gasteiger partial charge in [-0.1, -0.05) is 270 Å². The van der Waals surface area contributed by atoms with Crippen LogP contribution in [0.15, 0.2) is 24.3 Å². The van der Waals surface area contributed by atoms with Crippen molar-refractivity contribution in [3.63, 3.8) is 0 Å². The highest BCUT2D eigenvalue weighted by molar-refractivity contribution is 5.71. The van der Waals surface area contributed by atoms with Gasteiger partial charge >= 0.3 is 17.9 Å². The summed E-state index contributed by atoms with van der Waals surface area (Å²) in [7, 11) is 0. The molecule has 0 fully saturated rings. The third-order valence-corrected chi connectivity index (χ3v) is 13.0. The number of ether oxygens (including phenoxy) is 3. The Morgan fingerprint density at radius 1 is 0.308 bits per heavy atom. The maximum Gasteiger partial charge on any atom is 0.306 e. The maximum absolute atomic E-state index is 12.8. The van der Waals surface area contributed by atoms with Gasteiger partial charge in [0, 0.05) is 19.3 Å². The van der Waals surface area contributed by atoms with Crippen molar-refractivity contribution < 1.29 is 28.6 Å². The average Bonchev–Trinajstić information content (AvgIpc) is 3.30. The minimum absolute atomic E-state index is 0.0722. The number of carbonyl (C=O) groups is 3. The summed E-state index contributed by atoms with van der Waals surface area (Å²) in [4.78, 5) is 37.9. The van der Waals surface area contributed by atoms with Gasteiger partial charge in [-0.25, -0.2) is 0 Å². The second-order valence-corrected chi connectivity index (χ2v) is 19.6. The van der Waals surface area contributed by atoms with Gasteiger partial charge in [-0.05, 0) is 51.4 Å². The van der Waals surface area contributed by atoms with E-state index in [-0.39, 0.29) is 31.1 Å². The molecule has 0 aliphatic heterocycles. The first-order valence-corrected chi connectivity index (χ1v) is 28.8. The van der Waals surface area contributed by atoms with Gasteiger partial charge in [0.1, 0.15) is 13.2 Å². The zero-order chi connectivity index (χ0) is 47.2. The largest absolute Gasteiger partial charge is 0.462 e. The number of rotatable bonds is 53. The van der Waals surface area contributed by atoms with Crippen LogP contribution in [-0.4, -0.2) is 37.2 Å². The van der Waals surface area contributed by atoms with Crippen LogP contribution in [0.5, 0.6) is 0 Å². The van der Waals surface area contributed by atoms with E-state index in [1.54, 1.807) is 0 Å². The monoisotopic (exact) mass is 915 g/mol. The first kappa shape index (κ1) is 62.9. The van der Waals surface area contributed by atoms with Crippen LogP contribution in [0.4, 0.5) is 0 Å². The van der Waals surface area contributed by atoms with E-state index in [4.69, 9.17) is 14.2 Å². The molecule has 0 saturated heterocycles. The number of hydrogen-bond donors (Lipinski definition) is 0. The Hall–Kier alpha value is -2.11. The highest BCUT2D eigenvalue weighted by Crippen LogP contribution is 2.17. The van der Waals surface area contributed by atoms with E-state index in [1.807, 2.05) is 0 Å². The molecule has 1 atom stereocenters. The molecule has 0 aromatic carbocycles. The van der Waals surface area contributed by atoms with E-state index in [1.165, 1.54) is 199 Å². The second-order valence-electron chi connectivity index (χ2n) is 19.6. The van der Waals surface area contributed by atoms with Gasteiger partial charge in [-0.2, -0.15) is 0 Å². The van der Waals surface area contributed by atoms with Crippen molar-refractivity contribution in [2.75, 3.05) is 13.2 Å². The lowest BCUT2D eigenvalue weighted by atomic mass is 10.0. The summed E-state index contributed by atoms with van der Waals surface area (Å²) in [6.07, 6.45) is 63.4. The van der Waals surface area contributed by atoms with Crippen molar-refractivity contribution in [3.8, 4) is 0 Å². The molecule has 0 aliphatic rings. The van der Waals surface area contributed by atoms with Crippen LogP contribution in [0.3, 0.4) is 0 Å². The van der Waals surface area contributed by atoms with E-state index in [0.29, 0.717) is 19.3 Å². The molecular weight excluding hydrogens is 805 g/mol. The molecule has 0 amide bonds. The number of allylic oxidation sites excluding steroid dienone is 4. The topological polar surface area (TPSA) is 78.9 Å². The molecule has 0 aromatic rings. The molecule has 0 heterocycles. The molecule has 6 nitrogen and oxygen atoms in total. The number of carbonyl (C=O) groups excluding carboxylic acids is 3. The van der Waals surface area contributed by atoms with E-state index in [9.17, 15) is 14.4 Å². The SMILES string of the molecule is CCCCC/C=C\C/C=C\CCCCCCCC(=O)OC(COC(=O)CCCCCCCCCC)COC(=O)CCCCCCCCCCCCCCCCCCCCCCCCCC. The second kappa shape index (κ2) is 54.5. The third kappa shape index (κ3) is 52.7. The van der Waals surface area contributed by atoms with Gasteiger partial charge in [-0.3, -0.25) is 14.4 Å². The first-order chi connectivity index (χ1) is 32.0. The summed E-state index contributed by atoms with van der Waals surface area (Å²) in [5, 5.41) is 0. The van der Waals surface area contributed by atoms with Crippen LogP contribution in [0.25, 0.3) is 0 Å². The molecule has 0 N–H and O–H groups in total. The van der Waals surface area contributed by atoms with E-state index in [0.717, 1.165) is 77.0 Å². The van der Waals surface area contributed by atoms with Crippen LogP contribution < -0.4 is 0 Å². The number of esters is 3. The summed E-state index contributed by atoms with van der Waals surface area (Å²) in [6, 6.07) is 0. The molecule has 1 unspecified atom stereocenters. The predicted molar refractivity (Wildman–Crippen MR) is 279 cm³/mol. The van der Waals surface area contributed by atoms with Crippen molar-refractivity contribution in [2.45, 2.75) is 322 Å². The fraction of sp³-hybridized carbons (Fsp3) is 0.881. The Labute approximate surface area is 404 Å². The Balaban J connectivity index is 4.14. The Kier molecular flexibility index (Phi) is 52.7. The van der Waals surface area contributed by atoms with E-state index < -0.39 is 6.10 Å². The standard InChI is InChI=1S/C59H110O6/c1-4-7-10-13-16-19-21-23-25-26-27-28-29-30-31-32-33-35-36-38-40-43-46-49-52-58(61)64-55-56(54-63-57(60)51-48-45-42-18-15-12-9-6-3)65-59(62)53-50-47-44-41-39-37-34-24-22-20-17-14-11-8-5-2/h17,20,24,34,56H,4-16,18-19,21-23,25-33,35-55H2,1-3H3/b20-17-,34-24-. The van der Waals surface area contributed by atoms with Crippen LogP contribution in [0, 0.1) is 0 Å². The average molecular weight is 916 g/mol. The highest BCUT2D eigenvalue weighted by Gasteiger charge is 2.19. The maximum atomic E-state index is 12.8. The third-order valence-electron chi connectivity index (χ3n) is 13.0. The number of unbranched alkanes of at least 4 members (excludes halogenated alkanes) is 38. The molecule has 0 bridgehead atoms. The Morgan fingerprint density at radius 2 is 0.554 bits per heavy atom. The van der Waals surface area contributed by atoms with Crippen molar-refractivity contribution in [1.29, 1.82) is 0 Å². The fourth-order valence-electron chi connectivity index (χ4n) is 8.59. The zero-order valence-electron chi connectivity index (χ0n) is 43.8. The molecule has 0 rings (SSSR count). The van der Waals surface area contributed by atoms with Crippen molar-refractivity contribution in [1.82, 2.24) is 0 Å². The van der Waals surface area contributed by atoms with Gasteiger partial charge in [0.2, 0.25) is 0 Å². The molecule has 0 aliphatic carbocycles. The molecule has 6 heteroatoms. The van der Waals surface area contributed by atoms with E-state index >= 15 is 0 Å².